The van der Waals surface area contributed by atoms with Crippen LogP contribution in [0, 0.1) is 11.3 Å². The number of pyridine rings is 1. The van der Waals surface area contributed by atoms with Gasteiger partial charge in [0.05, 0.1) is 16.7 Å². The molecule has 0 fully saturated rings. The van der Waals surface area contributed by atoms with E-state index < -0.39 is 22.3 Å². The molecule has 35 heavy (non-hydrogen) atoms. The van der Waals surface area contributed by atoms with Crippen molar-refractivity contribution in [2.45, 2.75) is 29.2 Å². The predicted octanol–water partition coefficient (Wildman–Crippen LogP) is 9.00. The highest BCUT2D eigenvalue weighted by Gasteiger charge is 2.43. The molecule has 2 aromatic carbocycles. The summed E-state index contributed by atoms with van der Waals surface area (Å²) in [4.78, 5) is 16.9. The van der Waals surface area contributed by atoms with Gasteiger partial charge >= 0.3 is 6.18 Å². The number of thioether (sulfide) groups is 1. The van der Waals surface area contributed by atoms with Crippen molar-refractivity contribution in [1.29, 1.82) is 5.26 Å². The molecule has 0 aliphatic carbocycles. The largest absolute Gasteiger partial charge is 0.438 e. The second kappa shape index (κ2) is 10.9. The van der Waals surface area contributed by atoms with Crippen LogP contribution in [-0.4, -0.2) is 10.8 Å². The van der Waals surface area contributed by atoms with Crippen molar-refractivity contribution in [3.05, 3.63) is 79.9 Å². The number of halogens is 7. The van der Waals surface area contributed by atoms with Crippen LogP contribution in [0.4, 0.5) is 13.2 Å². The van der Waals surface area contributed by atoms with Gasteiger partial charge in [-0.25, -0.2) is 4.98 Å². The summed E-state index contributed by atoms with van der Waals surface area (Å²) in [5.74, 6) is -0.581. The molecule has 0 saturated carbocycles. The molecule has 1 unspecified atom stereocenters. The third-order valence-corrected chi connectivity index (χ3v) is 7.36. The first kappa shape index (κ1) is 27.4. The Balaban J connectivity index is 2.02. The standard InChI is InChI=1S/C23H13Cl4F3N2O2S/c1-2-20(33)22(11-31,15-5-3-13(24)8-17(15)26)35-19-9-14(4-6-16(19)25)34-21-18(27)7-12(10-32-21)23(28,29)30/h3-10H,2H2,1H3. The van der Waals surface area contributed by atoms with E-state index in [4.69, 9.17) is 51.1 Å². The summed E-state index contributed by atoms with van der Waals surface area (Å²) in [5, 5.41) is 10.4. The Morgan fingerprint density at radius 1 is 1.06 bits per heavy atom. The van der Waals surface area contributed by atoms with Crippen LogP contribution in [0.15, 0.2) is 53.6 Å². The van der Waals surface area contributed by atoms with Crippen LogP contribution in [0.1, 0.15) is 24.5 Å². The number of ether oxygens (including phenoxy) is 1. The van der Waals surface area contributed by atoms with Gasteiger partial charge in [-0.1, -0.05) is 71.2 Å². The van der Waals surface area contributed by atoms with E-state index in [1.54, 1.807) is 6.92 Å². The third kappa shape index (κ3) is 5.99. The van der Waals surface area contributed by atoms with E-state index in [0.29, 0.717) is 17.3 Å². The molecule has 0 radical (unpaired) electrons. The van der Waals surface area contributed by atoms with Crippen molar-refractivity contribution in [3.8, 4) is 17.7 Å². The van der Waals surface area contributed by atoms with Gasteiger partial charge in [-0.15, -0.1) is 0 Å². The Hall–Kier alpha value is -2.15. The summed E-state index contributed by atoms with van der Waals surface area (Å²) in [6.45, 7) is 1.61. The van der Waals surface area contributed by atoms with Crippen LogP contribution in [0.2, 0.25) is 20.1 Å². The molecule has 0 spiro atoms. The average Bonchev–Trinajstić information content (AvgIpc) is 2.80. The smallest absolute Gasteiger partial charge is 0.417 e. The van der Waals surface area contributed by atoms with Gasteiger partial charge in [0.25, 0.3) is 0 Å². The minimum absolute atomic E-state index is 0.0262. The summed E-state index contributed by atoms with van der Waals surface area (Å²) in [7, 11) is 0. The molecule has 0 saturated heterocycles. The predicted molar refractivity (Wildman–Crippen MR) is 131 cm³/mol. The molecule has 1 heterocycles. The van der Waals surface area contributed by atoms with E-state index in [1.165, 1.54) is 36.4 Å². The molecule has 0 bridgehead atoms. The van der Waals surface area contributed by atoms with E-state index in [-0.39, 0.29) is 43.6 Å². The van der Waals surface area contributed by atoms with Gasteiger partial charge in [0.1, 0.15) is 10.8 Å². The number of alkyl halides is 3. The number of hydrogen-bond acceptors (Lipinski definition) is 5. The first-order valence-electron chi connectivity index (χ1n) is 9.70. The van der Waals surface area contributed by atoms with Crippen LogP contribution in [0.25, 0.3) is 0 Å². The SMILES string of the molecule is CCC(=O)C(C#N)(Sc1cc(Oc2ncc(C(F)(F)F)cc2Cl)ccc1Cl)c1ccc(Cl)cc1Cl. The monoisotopic (exact) mass is 578 g/mol. The first-order valence-corrected chi connectivity index (χ1v) is 12.0. The van der Waals surface area contributed by atoms with E-state index in [1.807, 2.05) is 0 Å². The van der Waals surface area contributed by atoms with Crippen molar-refractivity contribution in [2.24, 2.45) is 0 Å². The van der Waals surface area contributed by atoms with Crippen LogP contribution < -0.4 is 4.74 Å². The summed E-state index contributed by atoms with van der Waals surface area (Å²) in [5.41, 5.74) is -0.795. The molecule has 3 rings (SSSR count). The zero-order chi connectivity index (χ0) is 26.0. The van der Waals surface area contributed by atoms with Crippen molar-refractivity contribution < 1.29 is 22.7 Å². The number of Topliss-reactive ketones (excluding diaryl/α,β-unsaturated/α-hetero) is 1. The number of nitriles is 1. The summed E-state index contributed by atoms with van der Waals surface area (Å²) < 4.78 is 42.4. The fraction of sp³-hybridized carbons (Fsp3) is 0.174. The molecular formula is C23H13Cl4F3N2O2S. The van der Waals surface area contributed by atoms with Gasteiger partial charge in [0, 0.05) is 33.1 Å². The van der Waals surface area contributed by atoms with Gasteiger partial charge in [0.15, 0.2) is 10.5 Å². The average molecular weight is 580 g/mol. The zero-order valence-corrected chi connectivity index (χ0v) is 21.4. The minimum atomic E-state index is -4.62. The fourth-order valence-corrected chi connectivity index (χ4v) is 5.30. The molecule has 0 amide bonds. The van der Waals surface area contributed by atoms with Gasteiger partial charge in [0.2, 0.25) is 5.88 Å². The van der Waals surface area contributed by atoms with Gasteiger partial charge < -0.3 is 4.74 Å². The molecule has 4 nitrogen and oxygen atoms in total. The molecule has 1 atom stereocenters. The Bertz CT molecular complexity index is 1330. The Morgan fingerprint density at radius 3 is 2.34 bits per heavy atom. The summed E-state index contributed by atoms with van der Waals surface area (Å²) >= 11 is 25.4. The number of rotatable bonds is 7. The van der Waals surface area contributed by atoms with Crippen molar-refractivity contribution >= 4 is 63.9 Å². The van der Waals surface area contributed by atoms with Crippen molar-refractivity contribution in [3.63, 3.8) is 0 Å². The highest BCUT2D eigenvalue weighted by atomic mass is 35.5. The normalized spacial score (nSPS) is 13.1. The van der Waals surface area contributed by atoms with E-state index in [0.717, 1.165) is 11.8 Å². The summed E-state index contributed by atoms with van der Waals surface area (Å²) in [6.07, 6.45) is -4.00. The van der Waals surface area contributed by atoms with Crippen molar-refractivity contribution in [1.82, 2.24) is 4.98 Å². The first-order chi connectivity index (χ1) is 16.4. The molecule has 0 aliphatic rings. The maximum absolute atomic E-state index is 13.0. The third-order valence-electron chi connectivity index (χ3n) is 4.70. The minimum Gasteiger partial charge on any atom is -0.438 e. The second-order valence-corrected chi connectivity index (χ2v) is 9.91. The van der Waals surface area contributed by atoms with Gasteiger partial charge in [-0.3, -0.25) is 4.79 Å². The van der Waals surface area contributed by atoms with E-state index in [9.17, 15) is 23.2 Å². The number of benzene rings is 2. The number of ketones is 1. The Kier molecular flexibility index (Phi) is 8.51. The van der Waals surface area contributed by atoms with E-state index in [2.05, 4.69) is 11.1 Å². The van der Waals surface area contributed by atoms with Crippen LogP contribution in [-0.2, 0) is 15.7 Å². The number of nitrogens with zero attached hydrogens (tertiary/aromatic N) is 2. The maximum atomic E-state index is 13.0. The van der Waals surface area contributed by atoms with Crippen LogP contribution in [0.3, 0.4) is 0 Å². The highest BCUT2D eigenvalue weighted by molar-refractivity contribution is 8.01. The molecule has 3 aromatic rings. The molecule has 12 heteroatoms. The lowest BCUT2D eigenvalue weighted by Gasteiger charge is -2.26. The maximum Gasteiger partial charge on any atom is 0.417 e. The van der Waals surface area contributed by atoms with Gasteiger partial charge in [-0.05, 0) is 36.4 Å². The molecule has 182 valence electrons. The number of carbonyl (C=O) groups is 1. The van der Waals surface area contributed by atoms with Crippen LogP contribution >= 0.6 is 58.2 Å². The molecular weight excluding hydrogens is 567 g/mol. The van der Waals surface area contributed by atoms with Crippen molar-refractivity contribution in [2.75, 3.05) is 0 Å². The molecule has 0 N–H and O–H groups in total. The Morgan fingerprint density at radius 2 is 1.77 bits per heavy atom. The fourth-order valence-electron chi connectivity index (χ4n) is 2.99. The Labute approximate surface area is 222 Å². The number of carbonyl (C=O) groups excluding carboxylic acids is 1. The number of aromatic nitrogens is 1. The van der Waals surface area contributed by atoms with E-state index >= 15 is 0 Å². The summed E-state index contributed by atoms with van der Waals surface area (Å²) in [6, 6.07) is 11.5. The lowest BCUT2D eigenvalue weighted by molar-refractivity contribution is -0.137. The lowest BCUT2D eigenvalue weighted by Crippen LogP contribution is -2.30. The molecule has 0 aliphatic heterocycles. The zero-order valence-electron chi connectivity index (χ0n) is 17.6. The quantitative estimate of drug-likeness (QED) is 0.261. The number of hydrogen-bond donors (Lipinski definition) is 0. The second-order valence-electron chi connectivity index (χ2n) is 7.00. The lowest BCUT2D eigenvalue weighted by atomic mass is 9.93. The topological polar surface area (TPSA) is 63.0 Å². The van der Waals surface area contributed by atoms with Gasteiger partial charge in [-0.2, -0.15) is 18.4 Å². The van der Waals surface area contributed by atoms with Crippen LogP contribution in [0.5, 0.6) is 11.6 Å². The highest BCUT2D eigenvalue weighted by Crippen LogP contribution is 2.48. The molecule has 1 aromatic heterocycles.